The van der Waals surface area contributed by atoms with E-state index < -0.39 is 0 Å². The zero-order valence-corrected chi connectivity index (χ0v) is 17.6. The van der Waals surface area contributed by atoms with Crippen molar-refractivity contribution in [2.45, 2.75) is 98.1 Å². The van der Waals surface area contributed by atoms with E-state index in [0.29, 0.717) is 23.3 Å². The number of hydrogen-bond donors (Lipinski definition) is 2. The average Bonchev–Trinajstić information content (AvgIpc) is 2.95. The lowest BCUT2D eigenvalue weighted by Gasteiger charge is -2.59. The standard InChI is InChI=1S/C24H39NO/c1-6-19(25)18-9-8-16-15-7-10-20-22(2,3)21(26)12-14-24(20,5)17(15)11-13-23(16,18)4/h8,18-21,26H,6-7,9-14,25H2,1-5H3/t18-,19+,20+,21+,23+,24-/m1/s1. The Labute approximate surface area is 160 Å². The molecule has 1 saturated carbocycles. The van der Waals surface area contributed by atoms with Crippen LogP contribution in [0, 0.1) is 28.1 Å². The number of fused-ring (bicyclic) bond motifs is 4. The second-order valence-electron chi connectivity index (χ2n) is 10.8. The molecule has 2 heteroatoms. The van der Waals surface area contributed by atoms with Crippen molar-refractivity contribution in [3.05, 3.63) is 22.8 Å². The van der Waals surface area contributed by atoms with Gasteiger partial charge in [-0.15, -0.1) is 0 Å². The minimum Gasteiger partial charge on any atom is -0.393 e. The lowest BCUT2D eigenvalue weighted by atomic mass is 9.46. The SMILES string of the molecule is CC[C@H](N)[C@H]1CC=C2C3=C(CC[C@@]21C)[C@@]1(C)CC[C@H](O)C(C)(C)[C@@H]1CC3. The Morgan fingerprint density at radius 1 is 1.12 bits per heavy atom. The van der Waals surface area contributed by atoms with Gasteiger partial charge in [0.25, 0.3) is 0 Å². The Morgan fingerprint density at radius 3 is 2.54 bits per heavy atom. The molecule has 1 fully saturated rings. The van der Waals surface area contributed by atoms with E-state index in [-0.39, 0.29) is 16.9 Å². The summed E-state index contributed by atoms with van der Waals surface area (Å²) in [6.45, 7) is 11.9. The van der Waals surface area contributed by atoms with Gasteiger partial charge in [0, 0.05) is 6.04 Å². The summed E-state index contributed by atoms with van der Waals surface area (Å²) in [6, 6.07) is 0.326. The van der Waals surface area contributed by atoms with Gasteiger partial charge in [-0.3, -0.25) is 0 Å². The first-order chi connectivity index (χ1) is 12.2. The van der Waals surface area contributed by atoms with Crippen LogP contribution in [0.1, 0.15) is 86.0 Å². The predicted octanol–water partition coefficient (Wildman–Crippen LogP) is 5.36. The summed E-state index contributed by atoms with van der Waals surface area (Å²) < 4.78 is 0. The molecule has 6 atom stereocenters. The third-order valence-corrected chi connectivity index (χ3v) is 9.42. The van der Waals surface area contributed by atoms with Crippen molar-refractivity contribution in [1.29, 1.82) is 0 Å². The Bertz CT molecular complexity index is 659. The van der Waals surface area contributed by atoms with Gasteiger partial charge in [0.15, 0.2) is 0 Å². The second kappa shape index (κ2) is 5.95. The van der Waals surface area contributed by atoms with Crippen LogP contribution < -0.4 is 5.73 Å². The maximum absolute atomic E-state index is 10.7. The highest BCUT2D eigenvalue weighted by atomic mass is 16.3. The molecule has 146 valence electrons. The number of aliphatic hydroxyl groups excluding tert-OH is 1. The van der Waals surface area contributed by atoms with Crippen LogP contribution in [0.5, 0.6) is 0 Å². The van der Waals surface area contributed by atoms with E-state index in [9.17, 15) is 5.11 Å². The van der Waals surface area contributed by atoms with Crippen LogP contribution in [0.4, 0.5) is 0 Å². The number of allylic oxidation sites excluding steroid dienone is 4. The average molecular weight is 358 g/mol. The van der Waals surface area contributed by atoms with E-state index in [1.54, 1.807) is 16.7 Å². The molecule has 3 N–H and O–H groups in total. The fourth-order valence-corrected chi connectivity index (χ4v) is 7.65. The van der Waals surface area contributed by atoms with Crippen LogP contribution in [0.2, 0.25) is 0 Å². The topological polar surface area (TPSA) is 46.2 Å². The van der Waals surface area contributed by atoms with E-state index in [1.165, 1.54) is 32.1 Å². The summed E-state index contributed by atoms with van der Waals surface area (Å²) in [5.41, 5.74) is 12.3. The molecule has 0 aromatic heterocycles. The smallest absolute Gasteiger partial charge is 0.0594 e. The molecule has 4 aliphatic rings. The summed E-state index contributed by atoms with van der Waals surface area (Å²) >= 11 is 0. The van der Waals surface area contributed by atoms with Crippen molar-refractivity contribution in [3.63, 3.8) is 0 Å². The van der Waals surface area contributed by atoms with Crippen molar-refractivity contribution >= 4 is 0 Å². The molecule has 0 spiro atoms. The molecule has 0 saturated heterocycles. The number of rotatable bonds is 2. The highest BCUT2D eigenvalue weighted by molar-refractivity contribution is 5.50. The molecule has 0 aromatic rings. The van der Waals surface area contributed by atoms with Crippen LogP contribution in [-0.4, -0.2) is 17.3 Å². The number of nitrogens with two attached hydrogens (primary N) is 1. The molecule has 0 bridgehead atoms. The van der Waals surface area contributed by atoms with Gasteiger partial charge in [-0.25, -0.2) is 0 Å². The van der Waals surface area contributed by atoms with Gasteiger partial charge >= 0.3 is 0 Å². The normalized spacial score (nSPS) is 45.5. The molecule has 4 rings (SSSR count). The molecule has 0 unspecified atom stereocenters. The Morgan fingerprint density at radius 2 is 1.85 bits per heavy atom. The van der Waals surface area contributed by atoms with Crippen LogP contribution in [-0.2, 0) is 0 Å². The summed E-state index contributed by atoms with van der Waals surface area (Å²) in [7, 11) is 0. The van der Waals surface area contributed by atoms with Gasteiger partial charge in [-0.05, 0) is 90.6 Å². The molecule has 0 aromatic carbocycles. The molecular weight excluding hydrogens is 318 g/mol. The summed E-state index contributed by atoms with van der Waals surface area (Å²) in [6.07, 6.45) is 11.7. The fraction of sp³-hybridized carbons (Fsp3) is 0.833. The third-order valence-electron chi connectivity index (χ3n) is 9.42. The first kappa shape index (κ1) is 18.7. The van der Waals surface area contributed by atoms with Crippen molar-refractivity contribution in [2.24, 2.45) is 33.8 Å². The first-order valence-electron chi connectivity index (χ1n) is 11.0. The molecule has 0 aliphatic heterocycles. The van der Waals surface area contributed by atoms with Crippen LogP contribution in [0.25, 0.3) is 0 Å². The van der Waals surface area contributed by atoms with E-state index in [4.69, 9.17) is 5.73 Å². The Hall–Kier alpha value is -0.600. The molecule has 4 aliphatic carbocycles. The zero-order chi connectivity index (χ0) is 18.9. The molecule has 0 amide bonds. The highest BCUT2D eigenvalue weighted by Crippen LogP contribution is 2.66. The second-order valence-corrected chi connectivity index (χ2v) is 10.8. The van der Waals surface area contributed by atoms with Gasteiger partial charge in [-0.1, -0.05) is 46.3 Å². The molecule has 26 heavy (non-hydrogen) atoms. The van der Waals surface area contributed by atoms with Crippen molar-refractivity contribution in [1.82, 2.24) is 0 Å². The predicted molar refractivity (Wildman–Crippen MR) is 109 cm³/mol. The molecular formula is C24H39NO. The van der Waals surface area contributed by atoms with Crippen molar-refractivity contribution in [3.8, 4) is 0 Å². The largest absolute Gasteiger partial charge is 0.393 e. The number of hydrogen-bond acceptors (Lipinski definition) is 2. The van der Waals surface area contributed by atoms with Crippen molar-refractivity contribution in [2.75, 3.05) is 0 Å². The van der Waals surface area contributed by atoms with Crippen LogP contribution in [0.3, 0.4) is 0 Å². The molecule has 0 radical (unpaired) electrons. The highest BCUT2D eigenvalue weighted by Gasteiger charge is 2.57. The Balaban J connectivity index is 1.74. The monoisotopic (exact) mass is 357 g/mol. The minimum absolute atomic E-state index is 0.0312. The van der Waals surface area contributed by atoms with E-state index in [1.807, 2.05) is 0 Å². The van der Waals surface area contributed by atoms with Gasteiger partial charge in [-0.2, -0.15) is 0 Å². The summed E-state index contributed by atoms with van der Waals surface area (Å²) in [5.74, 6) is 1.23. The summed E-state index contributed by atoms with van der Waals surface area (Å²) in [4.78, 5) is 0. The fourth-order valence-electron chi connectivity index (χ4n) is 7.65. The lowest BCUT2D eigenvalue weighted by molar-refractivity contribution is -0.0904. The van der Waals surface area contributed by atoms with Gasteiger partial charge < -0.3 is 10.8 Å². The van der Waals surface area contributed by atoms with E-state index >= 15 is 0 Å². The van der Waals surface area contributed by atoms with Gasteiger partial charge in [0.2, 0.25) is 0 Å². The quantitative estimate of drug-likeness (QED) is 0.698. The molecule has 0 heterocycles. The summed E-state index contributed by atoms with van der Waals surface area (Å²) in [5, 5.41) is 10.7. The first-order valence-corrected chi connectivity index (χ1v) is 11.0. The minimum atomic E-state index is -0.144. The van der Waals surface area contributed by atoms with Crippen LogP contribution >= 0.6 is 0 Å². The van der Waals surface area contributed by atoms with E-state index in [0.717, 1.165) is 19.3 Å². The van der Waals surface area contributed by atoms with Crippen molar-refractivity contribution < 1.29 is 5.11 Å². The zero-order valence-electron chi connectivity index (χ0n) is 17.6. The molecule has 2 nitrogen and oxygen atoms in total. The number of aliphatic hydroxyl groups is 1. The maximum atomic E-state index is 10.7. The van der Waals surface area contributed by atoms with E-state index in [2.05, 4.69) is 40.7 Å². The third kappa shape index (κ3) is 2.30. The Kier molecular flexibility index (Phi) is 4.29. The lowest BCUT2D eigenvalue weighted by Crippen LogP contribution is -2.53. The van der Waals surface area contributed by atoms with Gasteiger partial charge in [0.05, 0.1) is 6.10 Å². The van der Waals surface area contributed by atoms with Gasteiger partial charge in [0.1, 0.15) is 0 Å². The van der Waals surface area contributed by atoms with Crippen LogP contribution in [0.15, 0.2) is 22.8 Å². The maximum Gasteiger partial charge on any atom is 0.0594 e.